The van der Waals surface area contributed by atoms with Gasteiger partial charge in [0.1, 0.15) is 5.82 Å². The van der Waals surface area contributed by atoms with Crippen LogP contribution in [0.25, 0.3) is 11.5 Å². The number of halogens is 2. The van der Waals surface area contributed by atoms with E-state index in [-0.39, 0.29) is 28.6 Å². The first-order valence-corrected chi connectivity index (χ1v) is 13.6. The number of hydrogen-bond donors (Lipinski definition) is 1. The van der Waals surface area contributed by atoms with Crippen LogP contribution in [0, 0.1) is 11.2 Å². The highest BCUT2D eigenvalue weighted by Gasteiger charge is 2.49. The Labute approximate surface area is 211 Å². The van der Waals surface area contributed by atoms with Gasteiger partial charge in [-0.25, -0.2) is 12.8 Å². The smallest absolute Gasteiger partial charge is 0.318 e. The number of carbonyl (C=O) groups excluding carboxylic acids is 1. The van der Waals surface area contributed by atoms with Crippen LogP contribution < -0.4 is 15.5 Å². The van der Waals surface area contributed by atoms with Crippen LogP contribution in [-0.4, -0.2) is 49.4 Å². The summed E-state index contributed by atoms with van der Waals surface area (Å²) in [6, 6.07) is 7.92. The molecule has 0 unspecified atom stereocenters. The second kappa shape index (κ2) is 8.25. The molecular weight excluding hydrogens is 509 g/mol. The Morgan fingerprint density at radius 3 is 2.56 bits per heavy atom. The molecule has 1 saturated carbocycles. The predicted octanol–water partition coefficient (Wildman–Crippen LogP) is 3.17. The van der Waals surface area contributed by atoms with Gasteiger partial charge in [0, 0.05) is 23.5 Å². The van der Waals surface area contributed by atoms with E-state index < -0.39 is 33.4 Å². The minimum Gasteiger partial charge on any atom is -0.403 e. The minimum atomic E-state index is -4.05. The van der Waals surface area contributed by atoms with Gasteiger partial charge < -0.3 is 20.0 Å². The summed E-state index contributed by atoms with van der Waals surface area (Å²) in [6.07, 6.45) is 3.58. The Morgan fingerprint density at radius 1 is 1.17 bits per heavy atom. The molecule has 0 bridgehead atoms. The molecule has 2 aliphatic heterocycles. The molecule has 1 aliphatic carbocycles. The summed E-state index contributed by atoms with van der Waals surface area (Å²) < 4.78 is 47.1. The largest absolute Gasteiger partial charge is 0.403 e. The van der Waals surface area contributed by atoms with Crippen molar-refractivity contribution in [2.45, 2.75) is 36.7 Å². The molecule has 1 aromatic heterocycles. The van der Waals surface area contributed by atoms with E-state index >= 15 is 4.39 Å². The number of rotatable bonds is 4. The summed E-state index contributed by atoms with van der Waals surface area (Å²) in [5.41, 5.74) is 6.90. The van der Waals surface area contributed by atoms with Gasteiger partial charge in [-0.1, -0.05) is 35.3 Å². The first-order valence-electron chi connectivity index (χ1n) is 11.6. The van der Waals surface area contributed by atoms with Crippen LogP contribution in [0.5, 0.6) is 0 Å². The van der Waals surface area contributed by atoms with E-state index in [1.165, 1.54) is 30.2 Å². The van der Waals surface area contributed by atoms with Crippen molar-refractivity contribution in [1.82, 2.24) is 10.2 Å². The third-order valence-corrected chi connectivity index (χ3v) is 9.34. The first-order chi connectivity index (χ1) is 17.1. The van der Waals surface area contributed by atoms with Crippen LogP contribution in [-0.2, 0) is 21.2 Å². The van der Waals surface area contributed by atoms with Crippen LogP contribution in [0.4, 0.5) is 16.1 Å². The Kier molecular flexibility index (Phi) is 5.36. The van der Waals surface area contributed by atoms with Crippen molar-refractivity contribution in [3.8, 4) is 11.5 Å². The number of sulfone groups is 1. The molecule has 3 heterocycles. The zero-order valence-corrected chi connectivity index (χ0v) is 20.7. The molecule has 188 valence electrons. The molecule has 12 heteroatoms. The number of hydrogen-bond acceptors (Lipinski definition) is 8. The van der Waals surface area contributed by atoms with Crippen molar-refractivity contribution in [3.05, 3.63) is 52.8 Å². The highest BCUT2D eigenvalue weighted by Crippen LogP contribution is 2.49. The third-order valence-electron chi connectivity index (χ3n) is 7.29. The average molecular weight is 532 g/mol. The van der Waals surface area contributed by atoms with Gasteiger partial charge in [0.25, 0.3) is 5.89 Å². The van der Waals surface area contributed by atoms with Crippen molar-refractivity contribution in [2.75, 3.05) is 28.6 Å². The summed E-state index contributed by atoms with van der Waals surface area (Å²) >= 11 is 5.97. The fraction of sp³-hybridized carbons (Fsp3) is 0.375. The number of carbonyl (C=O) groups is 1. The maximum atomic E-state index is 15.3. The number of nitrogens with two attached hydrogens (primary N) is 1. The van der Waals surface area contributed by atoms with Gasteiger partial charge in [-0.2, -0.15) is 0 Å². The minimum absolute atomic E-state index is 0.0106. The van der Waals surface area contributed by atoms with Crippen LogP contribution in [0.3, 0.4) is 0 Å². The zero-order valence-electron chi connectivity index (χ0n) is 19.2. The van der Waals surface area contributed by atoms with Gasteiger partial charge in [0.05, 0.1) is 34.5 Å². The van der Waals surface area contributed by atoms with Gasteiger partial charge in [-0.15, -0.1) is 5.10 Å². The van der Waals surface area contributed by atoms with E-state index in [4.69, 9.17) is 21.8 Å². The molecule has 2 N–H and O–H groups in total. The number of aromatic nitrogens is 2. The molecule has 2 fully saturated rings. The fourth-order valence-electron chi connectivity index (χ4n) is 5.16. The molecule has 6 rings (SSSR count). The average Bonchev–Trinajstić information content (AvgIpc) is 3.23. The van der Waals surface area contributed by atoms with Gasteiger partial charge in [-0.3, -0.25) is 4.79 Å². The third kappa shape index (κ3) is 3.86. The monoisotopic (exact) mass is 531 g/mol. The molecule has 1 atom stereocenters. The molecule has 0 radical (unpaired) electrons. The van der Waals surface area contributed by atoms with Crippen molar-refractivity contribution in [1.29, 1.82) is 0 Å². The van der Waals surface area contributed by atoms with E-state index in [0.29, 0.717) is 22.0 Å². The topological polar surface area (TPSA) is 123 Å². The maximum Gasteiger partial charge on any atom is 0.318 e. The lowest BCUT2D eigenvalue weighted by Gasteiger charge is -2.55. The summed E-state index contributed by atoms with van der Waals surface area (Å²) in [6.45, 7) is 1.66. The Hall–Kier alpha value is -3.02. The predicted molar refractivity (Wildman–Crippen MR) is 131 cm³/mol. The van der Waals surface area contributed by atoms with Gasteiger partial charge in [0.15, 0.2) is 9.84 Å². The van der Waals surface area contributed by atoms with E-state index in [1.807, 2.05) is 4.90 Å². The molecule has 9 nitrogen and oxygen atoms in total. The molecule has 1 saturated heterocycles. The standard InChI is InChI=1S/C24H23ClFN5O4S/c25-15-4-2-14(3-5-15)10-31-19-8-16(17(26)9-20(19)36(33,34)11-18(27)22(31)32)21-28-29-23(35-21)30-12-24(13-30)6-1-7-24/h2-5,8-9,18H,1,6-7,10-13,27H2/t18-/m0/s1. The lowest BCUT2D eigenvalue weighted by molar-refractivity contribution is -0.119. The van der Waals surface area contributed by atoms with E-state index in [9.17, 15) is 13.2 Å². The number of nitrogens with zero attached hydrogens (tertiary/aromatic N) is 4. The van der Waals surface area contributed by atoms with Gasteiger partial charge in [0.2, 0.25) is 5.91 Å². The SMILES string of the molecule is N[C@H]1CS(=O)(=O)c2cc(F)c(-c3nnc(N4CC5(CCC5)C4)o3)cc2N(Cc2ccc(Cl)cc2)C1=O. The normalized spacial score (nSPS) is 22.1. The number of amides is 1. The summed E-state index contributed by atoms with van der Waals surface area (Å²) in [5.74, 6) is -2.16. The maximum absolute atomic E-state index is 15.3. The van der Waals surface area contributed by atoms with E-state index in [1.54, 1.807) is 24.3 Å². The van der Waals surface area contributed by atoms with Crippen molar-refractivity contribution in [3.63, 3.8) is 0 Å². The molecule has 1 amide bonds. The summed E-state index contributed by atoms with van der Waals surface area (Å²) in [4.78, 5) is 16.1. The number of anilines is 2. The van der Waals surface area contributed by atoms with Gasteiger partial charge in [-0.05, 0) is 42.7 Å². The Bertz CT molecular complexity index is 1460. The van der Waals surface area contributed by atoms with Crippen molar-refractivity contribution in [2.24, 2.45) is 11.1 Å². The molecule has 3 aliphatic rings. The van der Waals surface area contributed by atoms with E-state index in [2.05, 4.69) is 10.2 Å². The molecule has 1 spiro atoms. The zero-order chi connectivity index (χ0) is 25.2. The quantitative estimate of drug-likeness (QED) is 0.544. The van der Waals surface area contributed by atoms with E-state index in [0.717, 1.165) is 19.2 Å². The second-order valence-corrected chi connectivity index (χ2v) is 12.3. The molecule has 2 aromatic carbocycles. The van der Waals surface area contributed by atoms with Crippen molar-refractivity contribution >= 4 is 39.0 Å². The highest BCUT2D eigenvalue weighted by atomic mass is 35.5. The van der Waals surface area contributed by atoms with Crippen LogP contribution in [0.2, 0.25) is 5.02 Å². The highest BCUT2D eigenvalue weighted by molar-refractivity contribution is 7.91. The lowest BCUT2D eigenvalue weighted by Crippen LogP contribution is -2.60. The van der Waals surface area contributed by atoms with Crippen LogP contribution in [0.1, 0.15) is 24.8 Å². The number of benzene rings is 2. The molecule has 36 heavy (non-hydrogen) atoms. The summed E-state index contributed by atoms with van der Waals surface area (Å²) in [7, 11) is -4.05. The van der Waals surface area contributed by atoms with Gasteiger partial charge >= 0.3 is 6.01 Å². The first kappa shape index (κ1) is 23.4. The Morgan fingerprint density at radius 2 is 1.89 bits per heavy atom. The van der Waals surface area contributed by atoms with Crippen LogP contribution >= 0.6 is 11.6 Å². The molecule has 3 aromatic rings. The van der Waals surface area contributed by atoms with Crippen LogP contribution in [0.15, 0.2) is 45.7 Å². The fourth-order valence-corrected chi connectivity index (χ4v) is 6.85. The lowest BCUT2D eigenvalue weighted by atomic mass is 9.64. The second-order valence-electron chi connectivity index (χ2n) is 9.84. The Balaban J connectivity index is 1.40. The number of fused-ring (bicyclic) bond motifs is 1. The summed E-state index contributed by atoms with van der Waals surface area (Å²) in [5, 5.41) is 8.60. The molecular formula is C24H23ClFN5O4S. The van der Waals surface area contributed by atoms with Crippen molar-refractivity contribution < 1.29 is 22.0 Å².